The lowest BCUT2D eigenvalue weighted by Crippen LogP contribution is -2.31. The van der Waals surface area contributed by atoms with Crippen molar-refractivity contribution in [3.8, 4) is 11.5 Å². The second-order valence-corrected chi connectivity index (χ2v) is 7.05. The fraction of sp³-hybridized carbons (Fsp3) is 0.211. The molecule has 1 atom stereocenters. The standard InChI is InChI=1S/C19H19ClN2O3S/c1-3-25-14-7-4-12(5-8-14)10-17-18(23)22-19(26-17)21-15-11-13(20)6-9-16(15)24-2/h4-11,19,21H,3H2,1-2H3,(H,22,23)/b17-10-. The molecule has 1 aliphatic rings. The SMILES string of the molecule is CCOc1ccc(/C=C2\SC(Nc3cc(Cl)ccc3OC)NC2=O)cc1. The van der Waals surface area contributed by atoms with Gasteiger partial charge in [-0.05, 0) is 48.9 Å². The van der Waals surface area contributed by atoms with Crippen LogP contribution in [0.2, 0.25) is 5.02 Å². The smallest absolute Gasteiger partial charge is 0.260 e. The van der Waals surface area contributed by atoms with E-state index in [1.165, 1.54) is 11.8 Å². The molecule has 3 rings (SSSR count). The van der Waals surface area contributed by atoms with Crippen molar-refractivity contribution in [2.45, 2.75) is 12.4 Å². The molecule has 2 N–H and O–H groups in total. The molecule has 1 saturated heterocycles. The summed E-state index contributed by atoms with van der Waals surface area (Å²) in [6, 6.07) is 12.9. The minimum absolute atomic E-state index is 0.123. The van der Waals surface area contributed by atoms with Gasteiger partial charge in [-0.1, -0.05) is 35.5 Å². The predicted octanol–water partition coefficient (Wildman–Crippen LogP) is 4.35. The number of rotatable bonds is 6. The highest BCUT2D eigenvalue weighted by atomic mass is 35.5. The number of methoxy groups -OCH3 is 1. The predicted molar refractivity (Wildman–Crippen MR) is 107 cm³/mol. The Labute approximate surface area is 161 Å². The largest absolute Gasteiger partial charge is 0.495 e. The molecule has 1 amide bonds. The molecule has 1 fully saturated rings. The van der Waals surface area contributed by atoms with Crippen LogP contribution >= 0.6 is 23.4 Å². The van der Waals surface area contributed by atoms with E-state index >= 15 is 0 Å². The third kappa shape index (κ3) is 4.45. The van der Waals surface area contributed by atoms with Crippen LogP contribution in [0.1, 0.15) is 12.5 Å². The van der Waals surface area contributed by atoms with Crippen LogP contribution in [0.4, 0.5) is 5.69 Å². The number of nitrogens with one attached hydrogen (secondary N) is 2. The zero-order valence-electron chi connectivity index (χ0n) is 14.4. The number of halogens is 1. The molecule has 7 heteroatoms. The monoisotopic (exact) mass is 390 g/mol. The van der Waals surface area contributed by atoms with Crippen molar-refractivity contribution in [1.82, 2.24) is 5.32 Å². The summed E-state index contributed by atoms with van der Waals surface area (Å²) in [5, 5.41) is 6.72. The fourth-order valence-electron chi connectivity index (χ4n) is 2.48. The summed E-state index contributed by atoms with van der Waals surface area (Å²) < 4.78 is 10.8. The van der Waals surface area contributed by atoms with Gasteiger partial charge in [0.05, 0.1) is 24.3 Å². The van der Waals surface area contributed by atoms with Gasteiger partial charge in [0.15, 0.2) is 5.50 Å². The highest BCUT2D eigenvalue weighted by Gasteiger charge is 2.27. The van der Waals surface area contributed by atoms with E-state index in [4.69, 9.17) is 21.1 Å². The average molecular weight is 391 g/mol. The van der Waals surface area contributed by atoms with E-state index in [-0.39, 0.29) is 11.4 Å². The van der Waals surface area contributed by atoms with Gasteiger partial charge in [-0.2, -0.15) is 0 Å². The first-order valence-electron chi connectivity index (χ1n) is 8.11. The molecule has 0 aliphatic carbocycles. The van der Waals surface area contributed by atoms with Gasteiger partial charge in [-0.15, -0.1) is 0 Å². The quantitative estimate of drug-likeness (QED) is 0.718. The van der Waals surface area contributed by atoms with Crippen LogP contribution in [0.15, 0.2) is 47.4 Å². The molecule has 0 aromatic heterocycles. The van der Waals surface area contributed by atoms with Gasteiger partial charge in [0, 0.05) is 5.02 Å². The number of hydrogen-bond donors (Lipinski definition) is 2. The lowest BCUT2D eigenvalue weighted by molar-refractivity contribution is -0.116. The summed E-state index contributed by atoms with van der Waals surface area (Å²) in [7, 11) is 1.59. The molecule has 0 saturated carbocycles. The summed E-state index contributed by atoms with van der Waals surface area (Å²) in [5.74, 6) is 1.35. The number of ether oxygens (including phenoxy) is 2. The first-order valence-corrected chi connectivity index (χ1v) is 9.37. The topological polar surface area (TPSA) is 59.6 Å². The number of benzene rings is 2. The molecule has 2 aromatic rings. The Morgan fingerprint density at radius 2 is 2.04 bits per heavy atom. The molecule has 2 aromatic carbocycles. The number of hydrogen-bond acceptors (Lipinski definition) is 5. The molecule has 0 radical (unpaired) electrons. The van der Waals surface area contributed by atoms with Crippen molar-refractivity contribution in [2.24, 2.45) is 0 Å². The molecule has 1 aliphatic heterocycles. The molecule has 136 valence electrons. The van der Waals surface area contributed by atoms with Gasteiger partial charge in [0.2, 0.25) is 0 Å². The highest BCUT2D eigenvalue weighted by molar-refractivity contribution is 8.05. The Kier molecular flexibility index (Phi) is 5.96. The van der Waals surface area contributed by atoms with Gasteiger partial charge < -0.3 is 20.1 Å². The third-order valence-electron chi connectivity index (χ3n) is 3.67. The minimum Gasteiger partial charge on any atom is -0.495 e. The van der Waals surface area contributed by atoms with Crippen molar-refractivity contribution >= 4 is 41.0 Å². The van der Waals surface area contributed by atoms with Gasteiger partial charge in [-0.25, -0.2) is 0 Å². The number of amides is 1. The molecule has 1 heterocycles. The van der Waals surface area contributed by atoms with E-state index < -0.39 is 0 Å². The zero-order valence-corrected chi connectivity index (χ0v) is 16.0. The van der Waals surface area contributed by atoms with Crippen molar-refractivity contribution in [3.63, 3.8) is 0 Å². The van der Waals surface area contributed by atoms with Gasteiger partial charge in [0.1, 0.15) is 11.5 Å². The second kappa shape index (κ2) is 8.38. The molecular weight excluding hydrogens is 372 g/mol. The molecule has 26 heavy (non-hydrogen) atoms. The van der Waals surface area contributed by atoms with Crippen LogP contribution in [0.5, 0.6) is 11.5 Å². The first kappa shape index (κ1) is 18.5. The van der Waals surface area contributed by atoms with Crippen molar-refractivity contribution in [3.05, 3.63) is 58.0 Å². The Morgan fingerprint density at radius 3 is 2.73 bits per heavy atom. The molecule has 1 unspecified atom stereocenters. The maximum absolute atomic E-state index is 12.2. The summed E-state index contributed by atoms with van der Waals surface area (Å²) in [6.45, 7) is 2.57. The second-order valence-electron chi connectivity index (χ2n) is 5.47. The van der Waals surface area contributed by atoms with Crippen LogP contribution in [-0.2, 0) is 4.79 Å². The van der Waals surface area contributed by atoms with Crippen molar-refractivity contribution in [2.75, 3.05) is 19.0 Å². The molecule has 0 spiro atoms. The van der Waals surface area contributed by atoms with E-state index in [1.807, 2.05) is 37.3 Å². The highest BCUT2D eigenvalue weighted by Crippen LogP contribution is 2.34. The van der Waals surface area contributed by atoms with Gasteiger partial charge in [-0.3, -0.25) is 4.79 Å². The van der Waals surface area contributed by atoms with E-state index in [1.54, 1.807) is 25.3 Å². The fourth-order valence-corrected chi connectivity index (χ4v) is 3.63. The Balaban J connectivity index is 1.71. The maximum atomic E-state index is 12.2. The molecule has 5 nitrogen and oxygen atoms in total. The number of carbonyl (C=O) groups excluding carboxylic acids is 1. The lowest BCUT2D eigenvalue weighted by Gasteiger charge is -2.15. The van der Waals surface area contributed by atoms with E-state index in [0.29, 0.717) is 22.3 Å². The molecular formula is C19H19ClN2O3S. The summed E-state index contributed by atoms with van der Waals surface area (Å²) in [4.78, 5) is 12.9. The normalized spacial score (nSPS) is 17.9. The lowest BCUT2D eigenvalue weighted by atomic mass is 10.2. The Hall–Kier alpha value is -2.31. The number of carbonyl (C=O) groups is 1. The first-order chi connectivity index (χ1) is 12.6. The van der Waals surface area contributed by atoms with E-state index in [2.05, 4.69) is 10.6 Å². The third-order valence-corrected chi connectivity index (χ3v) is 4.93. The van der Waals surface area contributed by atoms with Crippen LogP contribution in [-0.4, -0.2) is 25.1 Å². The van der Waals surface area contributed by atoms with Crippen LogP contribution in [0, 0.1) is 0 Å². The van der Waals surface area contributed by atoms with E-state index in [0.717, 1.165) is 17.0 Å². The van der Waals surface area contributed by atoms with Crippen LogP contribution < -0.4 is 20.1 Å². The maximum Gasteiger partial charge on any atom is 0.260 e. The zero-order chi connectivity index (χ0) is 18.5. The van der Waals surface area contributed by atoms with E-state index in [9.17, 15) is 4.79 Å². The van der Waals surface area contributed by atoms with Crippen molar-refractivity contribution < 1.29 is 14.3 Å². The van der Waals surface area contributed by atoms with Crippen LogP contribution in [0.25, 0.3) is 6.08 Å². The summed E-state index contributed by atoms with van der Waals surface area (Å²) in [6.07, 6.45) is 1.85. The number of anilines is 1. The minimum atomic E-state index is -0.302. The average Bonchev–Trinajstić information content (AvgIpc) is 2.96. The van der Waals surface area contributed by atoms with Gasteiger partial charge in [0.25, 0.3) is 5.91 Å². The summed E-state index contributed by atoms with van der Waals surface area (Å²) >= 11 is 7.46. The van der Waals surface area contributed by atoms with Crippen LogP contribution in [0.3, 0.4) is 0 Å². The Morgan fingerprint density at radius 1 is 1.27 bits per heavy atom. The van der Waals surface area contributed by atoms with Gasteiger partial charge >= 0.3 is 0 Å². The van der Waals surface area contributed by atoms with Crippen molar-refractivity contribution in [1.29, 1.82) is 0 Å². The molecule has 0 bridgehead atoms. The number of thioether (sulfide) groups is 1. The summed E-state index contributed by atoms with van der Waals surface area (Å²) in [5.41, 5.74) is 1.36. The Bertz CT molecular complexity index is 824.